The molecule has 0 amide bonds. The first-order valence-electron chi connectivity index (χ1n) is 5.92. The van der Waals surface area contributed by atoms with Gasteiger partial charge < -0.3 is 10.1 Å². The lowest BCUT2D eigenvalue weighted by molar-refractivity contribution is 0.414. The van der Waals surface area contributed by atoms with Crippen LogP contribution in [0.15, 0.2) is 42.5 Å². The highest BCUT2D eigenvalue weighted by Gasteiger charge is 2.15. The summed E-state index contributed by atoms with van der Waals surface area (Å²) < 4.78 is 6.38. The van der Waals surface area contributed by atoms with E-state index in [0.717, 1.165) is 10.8 Å². The maximum Gasteiger partial charge on any atom is 0.118 e. The summed E-state index contributed by atoms with van der Waals surface area (Å²) in [6, 6.07) is 14.1. The van der Waals surface area contributed by atoms with Crippen LogP contribution in [-0.2, 0) is 0 Å². The van der Waals surface area contributed by atoms with Crippen molar-refractivity contribution in [2.45, 2.75) is 6.04 Å². The van der Waals surface area contributed by atoms with Gasteiger partial charge in [0.2, 0.25) is 0 Å². The molecule has 0 saturated heterocycles. The number of hydrogen-bond donors (Lipinski definition) is 1. The van der Waals surface area contributed by atoms with Crippen LogP contribution in [0.25, 0.3) is 0 Å². The predicted molar refractivity (Wildman–Crippen MR) is 88.1 cm³/mol. The number of nitrogens with one attached hydrogen (secondary N) is 1. The zero-order chi connectivity index (χ0) is 13.8. The highest BCUT2D eigenvalue weighted by Crippen LogP contribution is 2.29. The molecule has 2 aromatic rings. The van der Waals surface area contributed by atoms with Crippen LogP contribution in [0, 0.1) is 3.57 Å². The summed E-state index contributed by atoms with van der Waals surface area (Å²) in [6.45, 7) is 0. The standard InChI is InChI=1S/C15H15ClINO/c1-18-15(10-3-6-12(19-2)7-4-10)13-9-11(16)5-8-14(13)17/h3-9,15,18H,1-2H3. The van der Waals surface area contributed by atoms with Crippen LogP contribution in [0.4, 0.5) is 0 Å². The Morgan fingerprint density at radius 1 is 1.16 bits per heavy atom. The van der Waals surface area contributed by atoms with Crippen LogP contribution in [0.1, 0.15) is 17.2 Å². The fourth-order valence-corrected chi connectivity index (χ4v) is 2.86. The minimum absolute atomic E-state index is 0.122. The molecule has 0 radical (unpaired) electrons. The van der Waals surface area contributed by atoms with Crippen molar-refractivity contribution in [1.29, 1.82) is 0 Å². The molecule has 0 heterocycles. The molecule has 0 fully saturated rings. The predicted octanol–water partition coefficient (Wildman–Crippen LogP) is 4.26. The molecule has 0 aliphatic heterocycles. The van der Waals surface area contributed by atoms with Gasteiger partial charge in [-0.05, 0) is 71.1 Å². The highest BCUT2D eigenvalue weighted by molar-refractivity contribution is 14.1. The summed E-state index contributed by atoms with van der Waals surface area (Å²) in [5, 5.41) is 4.09. The number of halogens is 2. The number of benzene rings is 2. The Bertz CT molecular complexity index is 557. The molecule has 1 N–H and O–H groups in total. The fraction of sp³-hybridized carbons (Fsp3) is 0.200. The maximum atomic E-state index is 6.10. The van der Waals surface area contributed by atoms with Gasteiger partial charge in [-0.3, -0.25) is 0 Å². The molecule has 19 heavy (non-hydrogen) atoms. The van der Waals surface area contributed by atoms with Crippen molar-refractivity contribution in [1.82, 2.24) is 5.32 Å². The molecular formula is C15H15ClINO. The zero-order valence-electron chi connectivity index (χ0n) is 10.8. The van der Waals surface area contributed by atoms with Gasteiger partial charge >= 0.3 is 0 Å². The summed E-state index contributed by atoms with van der Waals surface area (Å²) in [5.41, 5.74) is 2.37. The molecule has 4 heteroatoms. The molecule has 0 aliphatic carbocycles. The smallest absolute Gasteiger partial charge is 0.118 e. The minimum Gasteiger partial charge on any atom is -0.497 e. The number of hydrogen-bond acceptors (Lipinski definition) is 2. The van der Waals surface area contributed by atoms with Crippen molar-refractivity contribution in [2.75, 3.05) is 14.2 Å². The first-order chi connectivity index (χ1) is 9.15. The third kappa shape index (κ3) is 3.41. The van der Waals surface area contributed by atoms with E-state index in [1.807, 2.05) is 37.4 Å². The van der Waals surface area contributed by atoms with E-state index >= 15 is 0 Å². The largest absolute Gasteiger partial charge is 0.497 e. The Morgan fingerprint density at radius 2 is 1.84 bits per heavy atom. The van der Waals surface area contributed by atoms with E-state index < -0.39 is 0 Å². The number of methoxy groups -OCH3 is 1. The second-order valence-electron chi connectivity index (χ2n) is 4.16. The fourth-order valence-electron chi connectivity index (χ4n) is 2.03. The van der Waals surface area contributed by atoms with Crippen molar-refractivity contribution in [3.8, 4) is 5.75 Å². The second kappa shape index (κ2) is 6.59. The van der Waals surface area contributed by atoms with E-state index in [4.69, 9.17) is 16.3 Å². The first kappa shape index (κ1) is 14.6. The van der Waals surface area contributed by atoms with Crippen LogP contribution in [0.3, 0.4) is 0 Å². The van der Waals surface area contributed by atoms with Crippen LogP contribution < -0.4 is 10.1 Å². The van der Waals surface area contributed by atoms with Gasteiger partial charge in [0.25, 0.3) is 0 Å². The van der Waals surface area contributed by atoms with Crippen molar-refractivity contribution >= 4 is 34.2 Å². The third-order valence-electron chi connectivity index (χ3n) is 3.01. The summed E-state index contributed by atoms with van der Waals surface area (Å²) in [5.74, 6) is 0.861. The number of rotatable bonds is 4. The Labute approximate surface area is 132 Å². The van der Waals surface area contributed by atoms with Crippen LogP contribution in [0.5, 0.6) is 5.75 Å². The number of ether oxygens (including phenoxy) is 1. The molecule has 0 aromatic heterocycles. The molecule has 0 aliphatic rings. The van der Waals surface area contributed by atoms with Crippen molar-refractivity contribution in [3.05, 3.63) is 62.2 Å². The molecule has 0 spiro atoms. The van der Waals surface area contributed by atoms with Crippen molar-refractivity contribution in [3.63, 3.8) is 0 Å². The third-order valence-corrected chi connectivity index (χ3v) is 4.22. The summed E-state index contributed by atoms with van der Waals surface area (Å²) in [4.78, 5) is 0. The molecule has 2 aromatic carbocycles. The lowest BCUT2D eigenvalue weighted by Gasteiger charge is -2.19. The van der Waals surface area contributed by atoms with Gasteiger partial charge in [-0.15, -0.1) is 0 Å². The van der Waals surface area contributed by atoms with E-state index in [-0.39, 0.29) is 6.04 Å². The average molecular weight is 388 g/mol. The molecule has 100 valence electrons. The lowest BCUT2D eigenvalue weighted by Crippen LogP contribution is -2.18. The maximum absolute atomic E-state index is 6.10. The van der Waals surface area contributed by atoms with Crippen LogP contribution in [0.2, 0.25) is 5.02 Å². The van der Waals surface area contributed by atoms with Crippen LogP contribution in [-0.4, -0.2) is 14.2 Å². The topological polar surface area (TPSA) is 21.3 Å². The molecule has 2 rings (SSSR count). The quantitative estimate of drug-likeness (QED) is 0.792. The molecule has 1 atom stereocenters. The van der Waals surface area contributed by atoms with Crippen molar-refractivity contribution < 1.29 is 4.74 Å². The van der Waals surface area contributed by atoms with E-state index in [0.29, 0.717) is 0 Å². The Balaban J connectivity index is 2.40. The van der Waals surface area contributed by atoms with E-state index in [9.17, 15) is 0 Å². The van der Waals surface area contributed by atoms with Gasteiger partial charge in [0.15, 0.2) is 0 Å². The van der Waals surface area contributed by atoms with Crippen LogP contribution >= 0.6 is 34.2 Å². The van der Waals surface area contributed by atoms with Gasteiger partial charge in [0.1, 0.15) is 5.75 Å². The summed E-state index contributed by atoms with van der Waals surface area (Å²) >= 11 is 8.43. The second-order valence-corrected chi connectivity index (χ2v) is 5.76. The Morgan fingerprint density at radius 3 is 2.42 bits per heavy atom. The molecule has 0 bridgehead atoms. The Hall–Kier alpha value is -0.780. The molecular weight excluding hydrogens is 373 g/mol. The highest BCUT2D eigenvalue weighted by atomic mass is 127. The minimum atomic E-state index is 0.122. The van der Waals surface area contributed by atoms with Crippen molar-refractivity contribution in [2.24, 2.45) is 0 Å². The average Bonchev–Trinajstić information content (AvgIpc) is 2.44. The van der Waals surface area contributed by atoms with Gasteiger partial charge in [-0.2, -0.15) is 0 Å². The lowest BCUT2D eigenvalue weighted by atomic mass is 9.99. The van der Waals surface area contributed by atoms with Gasteiger partial charge in [0.05, 0.1) is 13.2 Å². The van der Waals surface area contributed by atoms with Gasteiger partial charge in [-0.25, -0.2) is 0 Å². The molecule has 2 nitrogen and oxygen atoms in total. The van der Waals surface area contributed by atoms with E-state index in [1.165, 1.54) is 14.7 Å². The summed E-state index contributed by atoms with van der Waals surface area (Å²) in [6.07, 6.45) is 0. The van der Waals surface area contributed by atoms with E-state index in [2.05, 4.69) is 40.0 Å². The van der Waals surface area contributed by atoms with Gasteiger partial charge in [-0.1, -0.05) is 23.7 Å². The van der Waals surface area contributed by atoms with E-state index in [1.54, 1.807) is 7.11 Å². The first-order valence-corrected chi connectivity index (χ1v) is 7.37. The SMILES string of the molecule is CNC(c1ccc(OC)cc1)c1cc(Cl)ccc1I. The normalized spacial score (nSPS) is 12.2. The van der Waals surface area contributed by atoms with Gasteiger partial charge in [0, 0.05) is 8.59 Å². The Kier molecular flexibility index (Phi) is 5.07. The monoisotopic (exact) mass is 387 g/mol. The zero-order valence-corrected chi connectivity index (χ0v) is 13.7. The summed E-state index contributed by atoms with van der Waals surface area (Å²) in [7, 11) is 3.62. The molecule has 0 saturated carbocycles. The molecule has 1 unspecified atom stereocenters.